The van der Waals surface area contributed by atoms with Gasteiger partial charge in [0.1, 0.15) is 16.1 Å². The lowest BCUT2D eigenvalue weighted by Gasteiger charge is -2.19. The molecule has 2 aromatic rings. The van der Waals surface area contributed by atoms with E-state index in [2.05, 4.69) is 10.4 Å². The van der Waals surface area contributed by atoms with Crippen molar-refractivity contribution >= 4 is 27.9 Å². The van der Waals surface area contributed by atoms with Gasteiger partial charge in [0, 0.05) is 11.6 Å². The van der Waals surface area contributed by atoms with Gasteiger partial charge in [-0.25, -0.2) is 9.31 Å². The van der Waals surface area contributed by atoms with Gasteiger partial charge in [0.15, 0.2) is 0 Å². The van der Waals surface area contributed by atoms with E-state index < -0.39 is 11.7 Å². The molecule has 0 aromatic carbocycles. The lowest BCUT2D eigenvalue weighted by atomic mass is 10.2. The van der Waals surface area contributed by atoms with Crippen LogP contribution >= 0.6 is 11.3 Å². The molecule has 0 atom stereocenters. The van der Waals surface area contributed by atoms with Crippen molar-refractivity contribution in [2.45, 2.75) is 26.4 Å². The summed E-state index contributed by atoms with van der Waals surface area (Å²) in [4.78, 5) is 12.5. The molecular weight excluding hydrogens is 254 g/mol. The highest BCUT2D eigenvalue weighted by atomic mass is 32.1. The molecule has 98 valence electrons. The Labute approximate surface area is 109 Å². The standard InChI is InChI=1S/C11H15N3O3S/c1-11(2,3)17-10(15)12-7-8(16-4)13-14-5-6-18-9(7)14/h5-6H,1-4H3,(H,12,15). The van der Waals surface area contributed by atoms with E-state index in [1.165, 1.54) is 18.4 Å². The zero-order valence-electron chi connectivity index (χ0n) is 10.7. The predicted octanol–water partition coefficient (Wildman–Crippen LogP) is 2.75. The van der Waals surface area contributed by atoms with Crippen molar-refractivity contribution < 1.29 is 14.3 Å². The normalized spacial score (nSPS) is 11.6. The molecule has 0 fully saturated rings. The maximum Gasteiger partial charge on any atom is 0.412 e. The van der Waals surface area contributed by atoms with Crippen molar-refractivity contribution in [2.24, 2.45) is 0 Å². The van der Waals surface area contributed by atoms with Gasteiger partial charge in [-0.1, -0.05) is 0 Å². The third-order valence-electron chi connectivity index (χ3n) is 2.04. The van der Waals surface area contributed by atoms with Crippen LogP contribution in [0.5, 0.6) is 5.88 Å². The molecule has 2 heterocycles. The number of nitrogens with zero attached hydrogens (tertiary/aromatic N) is 2. The van der Waals surface area contributed by atoms with Gasteiger partial charge in [-0.05, 0) is 20.8 Å². The molecule has 0 spiro atoms. The molecule has 0 radical (unpaired) electrons. The Bertz CT molecular complexity index is 568. The average Bonchev–Trinajstić information content (AvgIpc) is 2.77. The van der Waals surface area contributed by atoms with Crippen LogP contribution < -0.4 is 10.1 Å². The first kappa shape index (κ1) is 12.7. The molecule has 0 aliphatic heterocycles. The van der Waals surface area contributed by atoms with Crippen molar-refractivity contribution in [3.8, 4) is 5.88 Å². The highest BCUT2D eigenvalue weighted by Gasteiger charge is 2.21. The molecule has 7 heteroatoms. The van der Waals surface area contributed by atoms with Crippen LogP contribution in [0.2, 0.25) is 0 Å². The second kappa shape index (κ2) is 4.49. The van der Waals surface area contributed by atoms with E-state index in [0.29, 0.717) is 11.6 Å². The van der Waals surface area contributed by atoms with Crippen molar-refractivity contribution in [3.63, 3.8) is 0 Å². The number of nitrogens with one attached hydrogen (secondary N) is 1. The minimum atomic E-state index is -0.543. The Hall–Kier alpha value is -1.76. The van der Waals surface area contributed by atoms with E-state index in [4.69, 9.17) is 9.47 Å². The van der Waals surface area contributed by atoms with Crippen LogP contribution in [0.4, 0.5) is 10.5 Å². The van der Waals surface area contributed by atoms with E-state index >= 15 is 0 Å². The average molecular weight is 269 g/mol. The maximum absolute atomic E-state index is 11.7. The lowest BCUT2D eigenvalue weighted by Crippen LogP contribution is -2.27. The minimum absolute atomic E-state index is 0.368. The smallest absolute Gasteiger partial charge is 0.412 e. The monoisotopic (exact) mass is 269 g/mol. The van der Waals surface area contributed by atoms with Crippen LogP contribution in [0, 0.1) is 0 Å². The first-order valence-corrected chi connectivity index (χ1v) is 6.28. The summed E-state index contributed by atoms with van der Waals surface area (Å²) in [5.41, 5.74) is -0.0132. The third kappa shape index (κ3) is 2.56. The Morgan fingerprint density at radius 3 is 2.83 bits per heavy atom. The largest absolute Gasteiger partial charge is 0.478 e. The van der Waals surface area contributed by atoms with Crippen molar-refractivity contribution in [1.29, 1.82) is 0 Å². The summed E-state index contributed by atoms with van der Waals surface area (Å²) >= 11 is 1.46. The summed E-state index contributed by atoms with van der Waals surface area (Å²) in [5, 5.41) is 8.72. The molecule has 6 nitrogen and oxygen atoms in total. The van der Waals surface area contributed by atoms with Crippen LogP contribution in [0.15, 0.2) is 11.6 Å². The number of hydrogen-bond donors (Lipinski definition) is 1. The van der Waals surface area contributed by atoms with Gasteiger partial charge in [-0.15, -0.1) is 16.4 Å². The van der Waals surface area contributed by atoms with Gasteiger partial charge in [-0.3, -0.25) is 5.32 Å². The fourth-order valence-corrected chi connectivity index (χ4v) is 2.19. The molecular formula is C11H15N3O3S. The van der Waals surface area contributed by atoms with Gasteiger partial charge in [0.25, 0.3) is 5.88 Å². The van der Waals surface area contributed by atoms with Crippen LogP contribution in [0.1, 0.15) is 20.8 Å². The van der Waals surface area contributed by atoms with Gasteiger partial charge in [0.05, 0.1) is 7.11 Å². The Kier molecular flexibility index (Phi) is 3.16. The molecule has 0 bridgehead atoms. The Morgan fingerprint density at radius 1 is 1.50 bits per heavy atom. The predicted molar refractivity (Wildman–Crippen MR) is 69.5 cm³/mol. The number of rotatable bonds is 2. The summed E-state index contributed by atoms with van der Waals surface area (Å²) in [7, 11) is 1.51. The highest BCUT2D eigenvalue weighted by Crippen LogP contribution is 2.31. The zero-order valence-corrected chi connectivity index (χ0v) is 11.5. The van der Waals surface area contributed by atoms with E-state index in [-0.39, 0.29) is 0 Å². The van der Waals surface area contributed by atoms with E-state index in [1.54, 1.807) is 10.7 Å². The molecule has 2 aromatic heterocycles. The summed E-state index contributed by atoms with van der Waals surface area (Å²) in [6, 6.07) is 0. The summed E-state index contributed by atoms with van der Waals surface area (Å²) in [6.45, 7) is 5.42. The number of carbonyl (C=O) groups is 1. The number of methoxy groups -OCH3 is 1. The van der Waals surface area contributed by atoms with E-state index in [1.807, 2.05) is 26.2 Å². The number of carbonyl (C=O) groups excluding carboxylic acids is 1. The van der Waals surface area contributed by atoms with Crippen LogP contribution in [-0.4, -0.2) is 28.4 Å². The zero-order chi connectivity index (χ0) is 13.3. The summed E-state index contributed by atoms with van der Waals surface area (Å²) in [6.07, 6.45) is 1.27. The van der Waals surface area contributed by atoms with Gasteiger partial charge in [0.2, 0.25) is 0 Å². The molecule has 0 aliphatic rings. The molecule has 2 rings (SSSR count). The van der Waals surface area contributed by atoms with Gasteiger partial charge >= 0.3 is 6.09 Å². The SMILES string of the molecule is COc1nn2ccsc2c1NC(=O)OC(C)(C)C. The molecule has 18 heavy (non-hydrogen) atoms. The number of thiazole rings is 1. The number of ether oxygens (including phenoxy) is 2. The number of hydrogen-bond acceptors (Lipinski definition) is 5. The molecule has 0 saturated heterocycles. The lowest BCUT2D eigenvalue weighted by molar-refractivity contribution is 0.0635. The van der Waals surface area contributed by atoms with Crippen LogP contribution in [-0.2, 0) is 4.74 Å². The van der Waals surface area contributed by atoms with E-state index in [0.717, 1.165) is 4.83 Å². The molecule has 0 unspecified atom stereocenters. The Balaban J connectivity index is 2.24. The second-order valence-electron chi connectivity index (χ2n) is 4.66. The molecule has 0 saturated carbocycles. The van der Waals surface area contributed by atoms with Crippen molar-refractivity contribution in [3.05, 3.63) is 11.6 Å². The topological polar surface area (TPSA) is 64.9 Å². The van der Waals surface area contributed by atoms with Crippen LogP contribution in [0.3, 0.4) is 0 Å². The Morgan fingerprint density at radius 2 is 2.22 bits per heavy atom. The molecule has 1 amide bonds. The van der Waals surface area contributed by atoms with E-state index in [9.17, 15) is 4.79 Å². The van der Waals surface area contributed by atoms with Gasteiger partial charge in [-0.2, -0.15) is 0 Å². The molecule has 0 aliphatic carbocycles. The summed E-state index contributed by atoms with van der Waals surface area (Å²) < 4.78 is 12.0. The minimum Gasteiger partial charge on any atom is -0.478 e. The highest BCUT2D eigenvalue weighted by molar-refractivity contribution is 7.16. The number of anilines is 1. The van der Waals surface area contributed by atoms with Crippen molar-refractivity contribution in [2.75, 3.05) is 12.4 Å². The first-order chi connectivity index (χ1) is 8.40. The van der Waals surface area contributed by atoms with Gasteiger partial charge < -0.3 is 9.47 Å². The fourth-order valence-electron chi connectivity index (χ4n) is 1.42. The van der Waals surface area contributed by atoms with Crippen LogP contribution in [0.25, 0.3) is 4.83 Å². The summed E-state index contributed by atoms with van der Waals surface area (Å²) in [5.74, 6) is 0.368. The fraction of sp³-hybridized carbons (Fsp3) is 0.455. The molecule has 1 N–H and O–H groups in total. The first-order valence-electron chi connectivity index (χ1n) is 5.40. The quantitative estimate of drug-likeness (QED) is 0.910. The maximum atomic E-state index is 11.7. The number of fused-ring (bicyclic) bond motifs is 1. The van der Waals surface area contributed by atoms with Crippen molar-refractivity contribution in [1.82, 2.24) is 9.61 Å². The second-order valence-corrected chi connectivity index (χ2v) is 5.56. The third-order valence-corrected chi connectivity index (χ3v) is 2.91. The number of amides is 1. The number of aromatic nitrogens is 2.